The Labute approximate surface area is 190 Å². The van der Waals surface area contributed by atoms with Crippen LogP contribution in [0.5, 0.6) is 0 Å². The van der Waals surface area contributed by atoms with Crippen LogP contribution in [0, 0.1) is 6.85 Å². The maximum atomic E-state index is 9.00. The molecule has 0 aliphatic heterocycles. The monoisotopic (exact) mass is 395 g/mol. The largest absolute Gasteiger partial charge is 0.295 e. The van der Waals surface area contributed by atoms with E-state index in [4.69, 9.17) is 15.1 Å². The molecule has 0 radical (unpaired) electrons. The third-order valence-corrected chi connectivity index (χ3v) is 5.20. The van der Waals surface area contributed by atoms with Crippen molar-refractivity contribution in [3.8, 4) is 16.8 Å². The van der Waals surface area contributed by atoms with Gasteiger partial charge in [0.1, 0.15) is 5.82 Å². The SMILES string of the molecule is [2H]c1c([2H])c([2H])c2c(-n3c(C([2H])([2H])[2H])nc4ccccc43)c3c([2H])c([2H])c([2H])c([2H])c3c(-c3ccccc3)c2c1[2H]. The van der Waals surface area contributed by atoms with Crippen molar-refractivity contribution in [1.29, 1.82) is 0 Å². The Morgan fingerprint density at radius 3 is 2.00 bits per heavy atom. The second-order valence-electron chi connectivity index (χ2n) is 6.85. The molecule has 2 heteroatoms. The summed E-state index contributed by atoms with van der Waals surface area (Å²) in [5.74, 6) is -0.409. The molecule has 0 saturated carbocycles. The number of aromatic nitrogens is 2. The van der Waals surface area contributed by atoms with Crippen LogP contribution in [0.1, 0.15) is 20.9 Å². The molecule has 0 aliphatic rings. The van der Waals surface area contributed by atoms with Gasteiger partial charge in [-0.15, -0.1) is 0 Å². The molecule has 0 spiro atoms. The van der Waals surface area contributed by atoms with E-state index in [1.165, 1.54) is 4.57 Å². The quantitative estimate of drug-likeness (QED) is 0.281. The number of hydrogen-bond donors (Lipinski definition) is 0. The fourth-order valence-electron chi connectivity index (χ4n) is 3.97. The zero-order valence-corrected chi connectivity index (χ0v) is 15.6. The second kappa shape index (κ2) is 6.57. The van der Waals surface area contributed by atoms with Gasteiger partial charge < -0.3 is 0 Å². The first kappa shape index (κ1) is 9.27. The smallest absolute Gasteiger partial charge is 0.111 e. The number of nitrogens with zero attached hydrogens (tertiary/aromatic N) is 2. The van der Waals surface area contributed by atoms with Gasteiger partial charge in [0, 0.05) is 14.9 Å². The van der Waals surface area contributed by atoms with Gasteiger partial charge in [-0.3, -0.25) is 4.57 Å². The van der Waals surface area contributed by atoms with Crippen LogP contribution in [0.15, 0.2) is 103 Å². The van der Waals surface area contributed by atoms with Crippen molar-refractivity contribution in [2.45, 2.75) is 6.85 Å². The van der Waals surface area contributed by atoms with E-state index in [0.717, 1.165) is 0 Å². The second-order valence-corrected chi connectivity index (χ2v) is 6.85. The predicted octanol–water partition coefficient (Wildman–Crippen LogP) is 7.31. The number of aryl methyl sites for hydroxylation is 1. The van der Waals surface area contributed by atoms with Gasteiger partial charge in [-0.25, -0.2) is 4.98 Å². The summed E-state index contributed by atoms with van der Waals surface area (Å²) in [6.45, 7) is -2.79. The number of benzene rings is 5. The van der Waals surface area contributed by atoms with E-state index in [0.29, 0.717) is 16.6 Å². The summed E-state index contributed by atoms with van der Waals surface area (Å²) in [4.78, 5) is 4.36. The van der Waals surface area contributed by atoms with Crippen LogP contribution in [0.2, 0.25) is 0 Å². The lowest BCUT2D eigenvalue weighted by atomic mass is 9.90. The lowest BCUT2D eigenvalue weighted by molar-refractivity contribution is 1.02. The van der Waals surface area contributed by atoms with Crippen molar-refractivity contribution >= 4 is 32.6 Å². The summed E-state index contributed by atoms with van der Waals surface area (Å²) < 4.78 is 95.9. The number of rotatable bonds is 2. The highest BCUT2D eigenvalue weighted by Crippen LogP contribution is 2.41. The third kappa shape index (κ3) is 2.40. The average molecular weight is 396 g/mol. The molecule has 6 rings (SSSR count). The van der Waals surface area contributed by atoms with Crippen molar-refractivity contribution in [2.75, 3.05) is 0 Å². The first-order chi connectivity index (χ1) is 19.4. The molecule has 6 aromatic rings. The van der Waals surface area contributed by atoms with Crippen LogP contribution in [-0.4, -0.2) is 9.55 Å². The summed E-state index contributed by atoms with van der Waals surface area (Å²) in [5.41, 5.74) is 1.16. The molecule has 142 valence electrons. The summed E-state index contributed by atoms with van der Waals surface area (Å²) in [6.07, 6.45) is 0. The zero-order valence-electron chi connectivity index (χ0n) is 26.6. The maximum absolute atomic E-state index is 9.00. The third-order valence-electron chi connectivity index (χ3n) is 5.20. The Hall–Kier alpha value is -3.91. The summed E-state index contributed by atoms with van der Waals surface area (Å²) in [7, 11) is 0. The normalized spacial score (nSPS) is 17.1. The molecule has 1 aromatic heterocycles. The number of fused-ring (bicyclic) bond motifs is 3. The predicted molar refractivity (Wildman–Crippen MR) is 126 cm³/mol. The molecule has 5 aromatic carbocycles. The van der Waals surface area contributed by atoms with Crippen LogP contribution < -0.4 is 0 Å². The lowest BCUT2D eigenvalue weighted by Crippen LogP contribution is -2.01. The molecule has 0 unspecified atom stereocenters. The Bertz CT molecular complexity index is 1980. The molecule has 0 N–H and O–H groups in total. The summed E-state index contributed by atoms with van der Waals surface area (Å²) in [5, 5.41) is -0.157. The molecule has 0 amide bonds. The van der Waals surface area contributed by atoms with Gasteiger partial charge >= 0.3 is 0 Å². The van der Waals surface area contributed by atoms with Gasteiger partial charge in [-0.1, -0.05) is 90.8 Å². The molecule has 0 fully saturated rings. The van der Waals surface area contributed by atoms with Crippen molar-refractivity contribution in [3.63, 3.8) is 0 Å². The van der Waals surface area contributed by atoms with Crippen LogP contribution in [0.25, 0.3) is 49.4 Å². The highest BCUT2D eigenvalue weighted by molar-refractivity contribution is 6.18. The summed E-state index contributed by atoms with van der Waals surface area (Å²) >= 11 is 0. The van der Waals surface area contributed by atoms with E-state index in [2.05, 4.69) is 4.98 Å². The maximum Gasteiger partial charge on any atom is 0.111 e. The molecule has 0 bridgehead atoms. The molecule has 30 heavy (non-hydrogen) atoms. The molecule has 2 nitrogen and oxygen atoms in total. The molecule has 0 atom stereocenters. The van der Waals surface area contributed by atoms with Gasteiger partial charge in [0.2, 0.25) is 0 Å². The number of imidazole rings is 1. The fourth-order valence-corrected chi connectivity index (χ4v) is 3.97. The standard InChI is InChI=1S/C28H20N2/c1-19-29-25-17-9-10-18-26(25)30(19)28-23-15-7-5-13-21(23)27(20-11-3-2-4-12-20)22-14-6-8-16-24(22)28/h2-18H,1H3/i1D3,5D,6D,7D,8D,13D,14D,15D,16D. The topological polar surface area (TPSA) is 17.8 Å². The van der Waals surface area contributed by atoms with Crippen molar-refractivity contribution in [2.24, 2.45) is 0 Å². The van der Waals surface area contributed by atoms with Crippen LogP contribution in [-0.2, 0) is 0 Å². The van der Waals surface area contributed by atoms with E-state index < -0.39 is 61.0 Å². The van der Waals surface area contributed by atoms with E-state index in [1.807, 2.05) is 0 Å². The van der Waals surface area contributed by atoms with E-state index in [1.54, 1.807) is 54.6 Å². The molecular formula is C28H20N2. The minimum Gasteiger partial charge on any atom is -0.295 e. The number of para-hydroxylation sites is 2. The van der Waals surface area contributed by atoms with Gasteiger partial charge in [-0.2, -0.15) is 0 Å². The fraction of sp³-hybridized carbons (Fsp3) is 0.0357. The Morgan fingerprint density at radius 1 is 0.733 bits per heavy atom. The highest BCUT2D eigenvalue weighted by atomic mass is 15.1. The minimum atomic E-state index is -2.79. The van der Waals surface area contributed by atoms with Gasteiger partial charge in [0.05, 0.1) is 27.7 Å². The molecule has 0 saturated heterocycles. The molecular weight excluding hydrogens is 364 g/mol. The lowest BCUT2D eigenvalue weighted by Gasteiger charge is -2.19. The molecule has 1 heterocycles. The van der Waals surface area contributed by atoms with Crippen LogP contribution >= 0.6 is 0 Å². The van der Waals surface area contributed by atoms with Crippen molar-refractivity contribution in [1.82, 2.24) is 9.55 Å². The number of hydrogen-bond acceptors (Lipinski definition) is 1. The Balaban J connectivity index is 2.08. The van der Waals surface area contributed by atoms with E-state index in [9.17, 15) is 0 Å². The minimum absolute atomic E-state index is 0.00371. The Kier molecular flexibility index (Phi) is 2.03. The van der Waals surface area contributed by atoms with Crippen molar-refractivity contribution in [3.05, 3.63) is 109 Å². The average Bonchev–Trinajstić information content (AvgIpc) is 3.36. The highest BCUT2D eigenvalue weighted by Gasteiger charge is 2.18. The van der Waals surface area contributed by atoms with E-state index >= 15 is 0 Å². The summed E-state index contributed by atoms with van der Waals surface area (Å²) in [6, 6.07) is 11.1. The molecule has 0 aliphatic carbocycles. The Morgan fingerprint density at radius 2 is 1.33 bits per heavy atom. The first-order valence-corrected chi connectivity index (χ1v) is 9.36. The van der Waals surface area contributed by atoms with E-state index in [-0.39, 0.29) is 32.8 Å². The van der Waals surface area contributed by atoms with Gasteiger partial charge in [-0.05, 0) is 40.9 Å². The van der Waals surface area contributed by atoms with Crippen LogP contribution in [0.4, 0.5) is 0 Å². The van der Waals surface area contributed by atoms with Gasteiger partial charge in [0.15, 0.2) is 0 Å². The zero-order chi connectivity index (χ0) is 29.5. The van der Waals surface area contributed by atoms with Gasteiger partial charge in [0.25, 0.3) is 0 Å². The first-order valence-electron chi connectivity index (χ1n) is 14.9. The van der Waals surface area contributed by atoms with Crippen molar-refractivity contribution < 1.29 is 15.1 Å². The van der Waals surface area contributed by atoms with Crippen LogP contribution in [0.3, 0.4) is 0 Å².